The number of hydrogen-bond acceptors (Lipinski definition) is 7. The van der Waals surface area contributed by atoms with Gasteiger partial charge < -0.3 is 19.5 Å². The Morgan fingerprint density at radius 3 is 2.28 bits per heavy atom. The molecule has 0 aliphatic carbocycles. The summed E-state index contributed by atoms with van der Waals surface area (Å²) in [7, 11) is 3.10. The highest BCUT2D eigenvalue weighted by molar-refractivity contribution is 6.04. The molecule has 10 nitrogen and oxygen atoms in total. The number of nitrogens with one attached hydrogen (secondary N) is 1. The molecule has 2 aromatic heterocycles. The molecule has 11 heteroatoms. The molecule has 0 aliphatic rings. The van der Waals surface area contributed by atoms with Crippen LogP contribution in [0.15, 0.2) is 82.6 Å². The van der Waals surface area contributed by atoms with Crippen molar-refractivity contribution in [2.24, 2.45) is 0 Å². The number of benzene rings is 3. The van der Waals surface area contributed by atoms with Crippen LogP contribution in [0.4, 0.5) is 10.1 Å². The van der Waals surface area contributed by atoms with E-state index in [0.29, 0.717) is 45.2 Å². The lowest BCUT2D eigenvalue weighted by molar-refractivity contribution is 0.102. The van der Waals surface area contributed by atoms with Crippen LogP contribution in [0, 0.1) is 12.7 Å². The normalized spacial score (nSPS) is 11.0. The predicted molar refractivity (Wildman–Crippen MR) is 161 cm³/mol. The van der Waals surface area contributed by atoms with Crippen molar-refractivity contribution in [3.05, 3.63) is 111 Å². The van der Waals surface area contributed by atoms with E-state index < -0.39 is 23.0 Å². The molecule has 1 amide bonds. The van der Waals surface area contributed by atoms with Crippen molar-refractivity contribution < 1.29 is 23.4 Å². The average molecular weight is 585 g/mol. The molecule has 220 valence electrons. The highest BCUT2D eigenvalue weighted by Gasteiger charge is 2.21. The fraction of sp³-hybridized carbons (Fsp3) is 0.188. The summed E-state index contributed by atoms with van der Waals surface area (Å²) in [5, 5.41) is 3.48. The Bertz CT molecular complexity index is 1960. The van der Waals surface area contributed by atoms with Gasteiger partial charge in [-0.25, -0.2) is 13.8 Å². The van der Waals surface area contributed by atoms with Gasteiger partial charge in [0.2, 0.25) is 0 Å². The summed E-state index contributed by atoms with van der Waals surface area (Å²) >= 11 is 0. The minimum absolute atomic E-state index is 0.151. The maximum absolute atomic E-state index is 13.5. The summed E-state index contributed by atoms with van der Waals surface area (Å²) in [5.41, 5.74) is 0.214. The smallest absolute Gasteiger partial charge is 0.335 e. The number of methoxy groups -OCH3 is 2. The molecule has 0 radical (unpaired) electrons. The highest BCUT2D eigenvalue weighted by Crippen LogP contribution is 2.37. The van der Waals surface area contributed by atoms with Gasteiger partial charge in [0.25, 0.3) is 11.5 Å². The van der Waals surface area contributed by atoms with Crippen molar-refractivity contribution in [3.63, 3.8) is 0 Å². The Balaban J connectivity index is 1.45. The lowest BCUT2D eigenvalue weighted by Gasteiger charge is -2.16. The summed E-state index contributed by atoms with van der Waals surface area (Å²) in [6.45, 7) is 5.29. The van der Waals surface area contributed by atoms with Gasteiger partial charge in [-0.15, -0.1) is 0 Å². The second-order valence-corrected chi connectivity index (χ2v) is 10.0. The van der Waals surface area contributed by atoms with Crippen LogP contribution in [0.5, 0.6) is 23.0 Å². The minimum atomic E-state index is -0.819. The summed E-state index contributed by atoms with van der Waals surface area (Å²) in [6, 6.07) is 14.9. The van der Waals surface area contributed by atoms with Crippen molar-refractivity contribution in [1.29, 1.82) is 0 Å². The molecule has 0 saturated carbocycles. The standard InChI is InChI=1S/C32H29FN4O6/c1-18(2)36-17-24(31(39)37(32(36)40)21-8-6-20(33)7-9-21)30(38)35-25-11-10-22(14-19(25)3)43-27-12-13-34-26-16-29(42-5)28(41-4)15-23(26)27/h6-18H,1-5H3,(H,35,38). The number of ether oxygens (including phenoxy) is 3. The molecule has 0 unspecified atom stereocenters. The van der Waals surface area contributed by atoms with Gasteiger partial charge >= 0.3 is 5.69 Å². The average Bonchev–Trinajstić information content (AvgIpc) is 2.98. The number of aryl methyl sites for hydroxylation is 1. The van der Waals surface area contributed by atoms with Gasteiger partial charge in [0, 0.05) is 35.6 Å². The van der Waals surface area contributed by atoms with E-state index in [1.165, 1.54) is 22.9 Å². The van der Waals surface area contributed by atoms with E-state index in [4.69, 9.17) is 14.2 Å². The van der Waals surface area contributed by atoms with Gasteiger partial charge in [-0.3, -0.25) is 19.1 Å². The summed E-state index contributed by atoms with van der Waals surface area (Å²) in [4.78, 5) is 44.3. The maximum atomic E-state index is 13.5. The van der Waals surface area contributed by atoms with E-state index >= 15 is 0 Å². The van der Waals surface area contributed by atoms with Crippen molar-refractivity contribution in [2.75, 3.05) is 19.5 Å². The first-order valence-corrected chi connectivity index (χ1v) is 13.4. The Kier molecular flexibility index (Phi) is 7.98. The molecule has 0 spiro atoms. The zero-order chi connectivity index (χ0) is 30.8. The van der Waals surface area contributed by atoms with Crippen LogP contribution in [0.1, 0.15) is 35.8 Å². The molecule has 0 bridgehead atoms. The fourth-order valence-corrected chi connectivity index (χ4v) is 4.61. The number of hydrogen-bond donors (Lipinski definition) is 1. The van der Waals surface area contributed by atoms with Crippen LogP contribution in [-0.2, 0) is 0 Å². The quantitative estimate of drug-likeness (QED) is 0.251. The van der Waals surface area contributed by atoms with Crippen molar-refractivity contribution in [2.45, 2.75) is 26.8 Å². The highest BCUT2D eigenvalue weighted by atomic mass is 19.1. The zero-order valence-electron chi connectivity index (χ0n) is 24.2. The molecule has 0 fully saturated rings. The number of anilines is 1. The maximum Gasteiger partial charge on any atom is 0.335 e. The largest absolute Gasteiger partial charge is 0.493 e. The van der Waals surface area contributed by atoms with E-state index in [1.54, 1.807) is 77.6 Å². The summed E-state index contributed by atoms with van der Waals surface area (Å²) < 4.78 is 32.6. The third-order valence-corrected chi connectivity index (χ3v) is 6.88. The van der Waals surface area contributed by atoms with E-state index in [-0.39, 0.29) is 17.3 Å². The number of amides is 1. The van der Waals surface area contributed by atoms with Crippen LogP contribution in [-0.4, -0.2) is 34.2 Å². The van der Waals surface area contributed by atoms with Gasteiger partial charge in [0.1, 0.15) is 22.9 Å². The van der Waals surface area contributed by atoms with Gasteiger partial charge in [0.05, 0.1) is 25.4 Å². The summed E-state index contributed by atoms with van der Waals surface area (Å²) in [5.74, 6) is 0.903. The minimum Gasteiger partial charge on any atom is -0.493 e. The van der Waals surface area contributed by atoms with Gasteiger partial charge in [0.15, 0.2) is 11.5 Å². The summed E-state index contributed by atoms with van der Waals surface area (Å²) in [6.07, 6.45) is 2.87. The molecule has 0 saturated heterocycles. The van der Waals surface area contributed by atoms with Crippen LogP contribution in [0.2, 0.25) is 0 Å². The lowest BCUT2D eigenvalue weighted by atomic mass is 10.1. The Morgan fingerprint density at radius 1 is 0.930 bits per heavy atom. The fourth-order valence-electron chi connectivity index (χ4n) is 4.61. The van der Waals surface area contributed by atoms with E-state index in [0.717, 1.165) is 16.7 Å². The van der Waals surface area contributed by atoms with Gasteiger partial charge in [-0.05, 0) is 80.9 Å². The topological polar surface area (TPSA) is 114 Å². The molecule has 0 aliphatic heterocycles. The Labute approximate surface area is 245 Å². The number of carbonyl (C=O) groups is 1. The lowest BCUT2D eigenvalue weighted by Crippen LogP contribution is -2.42. The molecule has 5 aromatic rings. The van der Waals surface area contributed by atoms with Crippen molar-refractivity contribution >= 4 is 22.5 Å². The van der Waals surface area contributed by atoms with Crippen LogP contribution in [0.3, 0.4) is 0 Å². The van der Waals surface area contributed by atoms with Crippen molar-refractivity contribution in [3.8, 4) is 28.7 Å². The molecule has 43 heavy (non-hydrogen) atoms. The molecule has 5 rings (SSSR count). The molecule has 3 aromatic carbocycles. The van der Waals surface area contributed by atoms with Gasteiger partial charge in [-0.1, -0.05) is 0 Å². The number of rotatable bonds is 8. The first-order chi connectivity index (χ1) is 20.6. The third-order valence-electron chi connectivity index (χ3n) is 6.88. The Morgan fingerprint density at radius 2 is 1.63 bits per heavy atom. The second-order valence-electron chi connectivity index (χ2n) is 10.0. The second kappa shape index (κ2) is 11.8. The first-order valence-electron chi connectivity index (χ1n) is 13.4. The number of halogens is 1. The Hall–Kier alpha value is -5.45. The van der Waals surface area contributed by atoms with Crippen LogP contribution >= 0.6 is 0 Å². The third kappa shape index (κ3) is 5.69. The number of fused-ring (bicyclic) bond motifs is 1. The number of nitrogens with zero attached hydrogens (tertiary/aromatic N) is 3. The predicted octanol–water partition coefficient (Wildman–Crippen LogP) is 5.64. The molecular formula is C32H29FN4O6. The molecular weight excluding hydrogens is 555 g/mol. The SMILES string of the molecule is COc1cc2nccc(Oc3ccc(NC(=O)c4cn(C(C)C)c(=O)n(-c5ccc(F)cc5)c4=O)c(C)c3)c2cc1OC. The van der Waals surface area contributed by atoms with E-state index in [9.17, 15) is 18.8 Å². The van der Waals surface area contributed by atoms with Crippen molar-refractivity contribution in [1.82, 2.24) is 14.1 Å². The molecule has 1 N–H and O–H groups in total. The molecule has 2 heterocycles. The number of aromatic nitrogens is 3. The monoisotopic (exact) mass is 584 g/mol. The van der Waals surface area contributed by atoms with E-state index in [1.807, 2.05) is 0 Å². The van der Waals surface area contributed by atoms with Crippen LogP contribution < -0.4 is 30.8 Å². The first kappa shape index (κ1) is 29.1. The number of pyridine rings is 1. The zero-order valence-corrected chi connectivity index (χ0v) is 24.2. The van der Waals surface area contributed by atoms with Crippen LogP contribution in [0.25, 0.3) is 16.6 Å². The van der Waals surface area contributed by atoms with Gasteiger partial charge in [-0.2, -0.15) is 0 Å². The molecule has 0 atom stereocenters. The van der Waals surface area contributed by atoms with E-state index in [2.05, 4.69) is 10.3 Å². The number of carbonyl (C=O) groups excluding carboxylic acids is 1.